The molecule has 0 bridgehead atoms. The third-order valence-corrected chi connectivity index (χ3v) is 3.69. The van der Waals surface area contributed by atoms with Crippen LogP contribution in [0.15, 0.2) is 24.3 Å². The van der Waals surface area contributed by atoms with Crippen LogP contribution in [-0.4, -0.2) is 12.5 Å². The molecule has 1 aromatic carbocycles. The second kappa shape index (κ2) is 5.11. The third-order valence-electron chi connectivity index (χ3n) is 3.69. The highest BCUT2D eigenvalue weighted by Crippen LogP contribution is 2.51. The van der Waals surface area contributed by atoms with E-state index < -0.39 is 0 Å². The van der Waals surface area contributed by atoms with Crippen molar-refractivity contribution < 1.29 is 4.79 Å². The van der Waals surface area contributed by atoms with Gasteiger partial charge in [-0.25, -0.2) is 0 Å². The largest absolute Gasteiger partial charge is 0.330 e. The van der Waals surface area contributed by atoms with Crippen LogP contribution in [0.4, 0.5) is 5.69 Å². The average molecular weight is 246 g/mol. The molecule has 18 heavy (non-hydrogen) atoms. The fourth-order valence-electron chi connectivity index (χ4n) is 2.25. The molecule has 3 heteroatoms. The van der Waals surface area contributed by atoms with Crippen LogP contribution < -0.4 is 11.1 Å². The zero-order valence-electron chi connectivity index (χ0n) is 11.2. The van der Waals surface area contributed by atoms with Gasteiger partial charge in [-0.15, -0.1) is 0 Å². The number of carbonyl (C=O) groups excluding carboxylic acids is 1. The smallest absolute Gasteiger partial charge is 0.228 e. The van der Waals surface area contributed by atoms with Crippen molar-refractivity contribution in [1.29, 1.82) is 0 Å². The Bertz CT molecular complexity index is 440. The first-order valence-corrected chi connectivity index (χ1v) is 6.63. The number of carbonyl (C=O) groups is 1. The molecule has 3 N–H and O–H groups in total. The van der Waals surface area contributed by atoms with E-state index in [-0.39, 0.29) is 17.2 Å². The number of amides is 1. The zero-order valence-corrected chi connectivity index (χ0v) is 11.2. The number of nitrogens with two attached hydrogens (primary N) is 1. The molecule has 0 aliphatic heterocycles. The highest BCUT2D eigenvalue weighted by Gasteiger charge is 2.50. The minimum absolute atomic E-state index is 0.149. The molecule has 1 atom stereocenters. The Labute approximate surface area is 109 Å². The maximum atomic E-state index is 12.0. The van der Waals surface area contributed by atoms with Crippen LogP contribution in [0.3, 0.4) is 0 Å². The number of anilines is 1. The van der Waals surface area contributed by atoms with Gasteiger partial charge in [-0.1, -0.05) is 26.0 Å². The maximum absolute atomic E-state index is 12.0. The van der Waals surface area contributed by atoms with Crippen LogP contribution in [0.5, 0.6) is 0 Å². The molecule has 1 amide bonds. The van der Waals surface area contributed by atoms with Crippen LogP contribution in [0.1, 0.15) is 32.3 Å². The standard InChI is InChI=1S/C15H22N2O/c1-15(2)10-13(15)14(18)17-12-7-3-5-11(9-12)6-4-8-16/h3,5,7,9,13H,4,6,8,10,16H2,1-2H3,(H,17,18). The summed E-state index contributed by atoms with van der Waals surface area (Å²) >= 11 is 0. The Morgan fingerprint density at radius 3 is 2.83 bits per heavy atom. The summed E-state index contributed by atoms with van der Waals surface area (Å²) in [7, 11) is 0. The highest BCUT2D eigenvalue weighted by atomic mass is 16.2. The fraction of sp³-hybridized carbons (Fsp3) is 0.533. The first-order chi connectivity index (χ1) is 8.53. The van der Waals surface area contributed by atoms with Crippen molar-refractivity contribution in [3.63, 3.8) is 0 Å². The van der Waals surface area contributed by atoms with Gasteiger partial charge in [0.15, 0.2) is 0 Å². The maximum Gasteiger partial charge on any atom is 0.228 e. The summed E-state index contributed by atoms with van der Waals surface area (Å²) in [6.45, 7) is 4.97. The van der Waals surface area contributed by atoms with Crippen LogP contribution in [0.25, 0.3) is 0 Å². The van der Waals surface area contributed by atoms with Crippen LogP contribution in [0.2, 0.25) is 0 Å². The first kappa shape index (κ1) is 13.1. The Kier molecular flexibility index (Phi) is 3.71. The van der Waals surface area contributed by atoms with Gasteiger partial charge in [0.25, 0.3) is 0 Å². The molecule has 1 unspecified atom stereocenters. The zero-order chi connectivity index (χ0) is 13.2. The van der Waals surface area contributed by atoms with Crippen molar-refractivity contribution in [3.05, 3.63) is 29.8 Å². The Morgan fingerprint density at radius 1 is 1.50 bits per heavy atom. The highest BCUT2D eigenvalue weighted by molar-refractivity contribution is 5.95. The van der Waals surface area contributed by atoms with Crippen LogP contribution in [-0.2, 0) is 11.2 Å². The van der Waals surface area contributed by atoms with E-state index in [0.29, 0.717) is 6.54 Å². The number of nitrogens with one attached hydrogen (secondary N) is 1. The fourth-order valence-corrected chi connectivity index (χ4v) is 2.25. The molecule has 1 fully saturated rings. The summed E-state index contributed by atoms with van der Waals surface area (Å²) in [5.41, 5.74) is 7.82. The summed E-state index contributed by atoms with van der Waals surface area (Å²) in [4.78, 5) is 12.0. The SMILES string of the molecule is CC1(C)CC1C(=O)Nc1cccc(CCCN)c1. The van der Waals surface area contributed by atoms with E-state index >= 15 is 0 Å². The summed E-state index contributed by atoms with van der Waals surface area (Å²) in [6, 6.07) is 8.05. The minimum Gasteiger partial charge on any atom is -0.330 e. The molecule has 1 aromatic rings. The van der Waals surface area contributed by atoms with Gasteiger partial charge in [0.05, 0.1) is 0 Å². The molecule has 1 saturated carbocycles. The monoisotopic (exact) mass is 246 g/mol. The van der Waals surface area contributed by atoms with Crippen molar-refractivity contribution >= 4 is 11.6 Å². The second-order valence-corrected chi connectivity index (χ2v) is 5.83. The van der Waals surface area contributed by atoms with Gasteiger partial charge in [0.2, 0.25) is 5.91 Å². The third kappa shape index (κ3) is 3.10. The summed E-state index contributed by atoms with van der Waals surface area (Å²) in [5.74, 6) is 0.321. The van der Waals surface area contributed by atoms with E-state index in [9.17, 15) is 4.79 Å². The Morgan fingerprint density at radius 2 is 2.22 bits per heavy atom. The lowest BCUT2D eigenvalue weighted by molar-refractivity contribution is -0.117. The molecule has 0 heterocycles. The van der Waals surface area contributed by atoms with Gasteiger partial charge < -0.3 is 11.1 Å². The molecule has 0 radical (unpaired) electrons. The van der Waals surface area contributed by atoms with Gasteiger partial charge >= 0.3 is 0 Å². The van der Waals surface area contributed by atoms with Gasteiger partial charge in [0.1, 0.15) is 0 Å². The van der Waals surface area contributed by atoms with Crippen molar-refractivity contribution in [2.45, 2.75) is 33.1 Å². The van der Waals surface area contributed by atoms with Crippen molar-refractivity contribution in [2.75, 3.05) is 11.9 Å². The number of rotatable bonds is 5. The number of hydrogen-bond donors (Lipinski definition) is 2. The van der Waals surface area contributed by atoms with Crippen molar-refractivity contribution in [2.24, 2.45) is 17.1 Å². The molecule has 0 spiro atoms. The predicted octanol–water partition coefficient (Wildman–Crippen LogP) is 2.56. The molecule has 98 valence electrons. The molecular weight excluding hydrogens is 224 g/mol. The summed E-state index contributed by atoms with van der Waals surface area (Å²) < 4.78 is 0. The molecule has 0 aromatic heterocycles. The number of aryl methyl sites for hydroxylation is 1. The van der Waals surface area contributed by atoms with Crippen molar-refractivity contribution in [1.82, 2.24) is 0 Å². The van der Waals surface area contributed by atoms with Gasteiger partial charge in [-0.3, -0.25) is 4.79 Å². The van der Waals surface area contributed by atoms with E-state index in [4.69, 9.17) is 5.73 Å². The molecule has 1 aliphatic rings. The van der Waals surface area contributed by atoms with Gasteiger partial charge in [-0.2, -0.15) is 0 Å². The van der Waals surface area contributed by atoms with E-state index in [0.717, 1.165) is 24.9 Å². The van der Waals surface area contributed by atoms with E-state index in [1.54, 1.807) is 0 Å². The van der Waals surface area contributed by atoms with Gasteiger partial charge in [0, 0.05) is 11.6 Å². The summed E-state index contributed by atoms with van der Waals surface area (Å²) in [5, 5.41) is 3.01. The van der Waals surface area contributed by atoms with E-state index in [2.05, 4.69) is 25.2 Å². The lowest BCUT2D eigenvalue weighted by Gasteiger charge is -2.08. The topological polar surface area (TPSA) is 55.1 Å². The molecule has 2 rings (SSSR count). The first-order valence-electron chi connectivity index (χ1n) is 6.63. The van der Waals surface area contributed by atoms with E-state index in [1.807, 2.05) is 18.2 Å². The van der Waals surface area contributed by atoms with Crippen LogP contribution in [0, 0.1) is 11.3 Å². The number of hydrogen-bond acceptors (Lipinski definition) is 2. The number of benzene rings is 1. The molecule has 1 aliphatic carbocycles. The molecule has 3 nitrogen and oxygen atoms in total. The quantitative estimate of drug-likeness (QED) is 0.839. The lowest BCUT2D eigenvalue weighted by Crippen LogP contribution is -2.16. The molecular formula is C15H22N2O. The normalized spacial score (nSPS) is 20.5. The van der Waals surface area contributed by atoms with E-state index in [1.165, 1.54) is 5.56 Å². The lowest BCUT2D eigenvalue weighted by atomic mass is 10.1. The predicted molar refractivity (Wildman–Crippen MR) is 74.3 cm³/mol. The van der Waals surface area contributed by atoms with Crippen LogP contribution >= 0.6 is 0 Å². The average Bonchev–Trinajstić information content (AvgIpc) is 2.96. The second-order valence-electron chi connectivity index (χ2n) is 5.83. The van der Waals surface area contributed by atoms with Crippen molar-refractivity contribution in [3.8, 4) is 0 Å². The summed E-state index contributed by atoms with van der Waals surface area (Å²) in [6.07, 6.45) is 2.94. The molecule has 0 saturated heterocycles. The van der Waals surface area contributed by atoms with Gasteiger partial charge in [-0.05, 0) is 48.9 Å². The Balaban J connectivity index is 1.95. The minimum atomic E-state index is 0.149. The Hall–Kier alpha value is -1.35.